The number of hydrogen-bond donors (Lipinski definition) is 1. The summed E-state index contributed by atoms with van der Waals surface area (Å²) in [6.07, 6.45) is 13.3. The minimum atomic E-state index is 0.653. The van der Waals surface area contributed by atoms with Gasteiger partial charge in [0.1, 0.15) is 0 Å². The predicted octanol–water partition coefficient (Wildman–Crippen LogP) is 4.29. The summed E-state index contributed by atoms with van der Waals surface area (Å²) in [6.45, 7) is 4.62. The van der Waals surface area contributed by atoms with Gasteiger partial charge in [-0.15, -0.1) is 0 Å². The van der Waals surface area contributed by atoms with Crippen molar-refractivity contribution in [3.63, 3.8) is 0 Å². The molecule has 1 aliphatic rings. The Hall–Kier alpha value is -0.300. The van der Waals surface area contributed by atoms with Crippen molar-refractivity contribution in [2.24, 2.45) is 5.92 Å². The summed E-state index contributed by atoms with van der Waals surface area (Å²) in [7, 11) is 2.14. The fourth-order valence-electron chi connectivity index (χ4n) is 3.09. The Kier molecular flexibility index (Phi) is 6.79. The molecule has 0 saturated carbocycles. The SMILES string of the molecule is CCCC(CCC)C(NC)C1=CCCCC1. The number of rotatable bonds is 7. The van der Waals surface area contributed by atoms with Crippen LogP contribution in [0.25, 0.3) is 0 Å². The van der Waals surface area contributed by atoms with Crippen LogP contribution in [0.5, 0.6) is 0 Å². The number of likely N-dealkylation sites (N-methyl/N-ethyl adjacent to an activating group) is 1. The minimum absolute atomic E-state index is 0.653. The van der Waals surface area contributed by atoms with Crippen molar-refractivity contribution in [2.45, 2.75) is 71.3 Å². The van der Waals surface area contributed by atoms with E-state index < -0.39 is 0 Å². The van der Waals surface area contributed by atoms with E-state index in [1.165, 1.54) is 51.4 Å². The normalized spacial score (nSPS) is 18.6. The van der Waals surface area contributed by atoms with Crippen molar-refractivity contribution in [3.8, 4) is 0 Å². The van der Waals surface area contributed by atoms with E-state index in [-0.39, 0.29) is 0 Å². The molecule has 1 N–H and O–H groups in total. The fraction of sp³-hybridized carbons (Fsp3) is 0.867. The van der Waals surface area contributed by atoms with Crippen LogP contribution in [0.15, 0.2) is 11.6 Å². The van der Waals surface area contributed by atoms with Gasteiger partial charge in [-0.1, -0.05) is 38.3 Å². The molecule has 0 saturated heterocycles. The van der Waals surface area contributed by atoms with E-state index in [0.717, 1.165) is 5.92 Å². The van der Waals surface area contributed by atoms with Crippen LogP contribution in [0.4, 0.5) is 0 Å². The second-order valence-corrected chi connectivity index (χ2v) is 5.13. The van der Waals surface area contributed by atoms with Crippen molar-refractivity contribution in [2.75, 3.05) is 7.05 Å². The quantitative estimate of drug-likeness (QED) is 0.635. The Balaban J connectivity index is 2.64. The summed E-state index contributed by atoms with van der Waals surface area (Å²) in [5.41, 5.74) is 1.70. The van der Waals surface area contributed by atoms with Crippen LogP contribution in [0.1, 0.15) is 65.2 Å². The molecule has 0 spiro atoms. The lowest BCUT2D eigenvalue weighted by atomic mass is 9.82. The fourth-order valence-corrected chi connectivity index (χ4v) is 3.09. The lowest BCUT2D eigenvalue weighted by Gasteiger charge is -2.30. The summed E-state index contributed by atoms with van der Waals surface area (Å²) in [5.74, 6) is 0.851. The summed E-state index contributed by atoms with van der Waals surface area (Å²) < 4.78 is 0. The van der Waals surface area contributed by atoms with Gasteiger partial charge in [-0.05, 0) is 51.5 Å². The molecule has 1 atom stereocenters. The van der Waals surface area contributed by atoms with Crippen LogP contribution < -0.4 is 5.32 Å². The smallest absolute Gasteiger partial charge is 0.0305 e. The first-order valence-electron chi connectivity index (χ1n) is 7.19. The van der Waals surface area contributed by atoms with Gasteiger partial charge in [-0.3, -0.25) is 0 Å². The predicted molar refractivity (Wildman–Crippen MR) is 72.7 cm³/mol. The summed E-state index contributed by atoms with van der Waals surface area (Å²) >= 11 is 0. The Bertz CT molecular complexity index is 201. The van der Waals surface area contributed by atoms with Crippen LogP contribution >= 0.6 is 0 Å². The minimum Gasteiger partial charge on any atom is -0.313 e. The largest absolute Gasteiger partial charge is 0.313 e. The maximum absolute atomic E-state index is 3.57. The highest BCUT2D eigenvalue weighted by atomic mass is 14.9. The van der Waals surface area contributed by atoms with Crippen molar-refractivity contribution in [3.05, 3.63) is 11.6 Å². The van der Waals surface area contributed by atoms with E-state index in [1.54, 1.807) is 5.57 Å². The summed E-state index contributed by atoms with van der Waals surface area (Å²) in [4.78, 5) is 0. The second-order valence-electron chi connectivity index (χ2n) is 5.13. The van der Waals surface area contributed by atoms with Crippen molar-refractivity contribution in [1.82, 2.24) is 5.32 Å². The van der Waals surface area contributed by atoms with E-state index >= 15 is 0 Å². The van der Waals surface area contributed by atoms with Crippen LogP contribution in [0.2, 0.25) is 0 Å². The van der Waals surface area contributed by atoms with Crippen molar-refractivity contribution >= 4 is 0 Å². The zero-order valence-electron chi connectivity index (χ0n) is 11.4. The highest BCUT2D eigenvalue weighted by molar-refractivity contribution is 5.14. The molecule has 1 nitrogen and oxygen atoms in total. The molecule has 0 aliphatic heterocycles. The average Bonchev–Trinajstić information content (AvgIpc) is 2.32. The van der Waals surface area contributed by atoms with Crippen LogP contribution in [-0.4, -0.2) is 13.1 Å². The number of nitrogens with one attached hydrogen (secondary N) is 1. The third-order valence-corrected chi connectivity index (χ3v) is 3.83. The molecule has 0 amide bonds. The molecule has 0 aromatic carbocycles. The molecule has 16 heavy (non-hydrogen) atoms. The Morgan fingerprint density at radius 3 is 2.31 bits per heavy atom. The third-order valence-electron chi connectivity index (χ3n) is 3.83. The monoisotopic (exact) mass is 223 g/mol. The molecule has 94 valence electrons. The maximum Gasteiger partial charge on any atom is 0.0305 e. The molecule has 0 radical (unpaired) electrons. The first kappa shape index (κ1) is 13.8. The standard InChI is InChI=1S/C15H29N/c1-4-9-13(10-5-2)15(16-3)14-11-7-6-8-12-14/h11,13,15-16H,4-10,12H2,1-3H3. The first-order valence-corrected chi connectivity index (χ1v) is 7.19. The molecular formula is C15H29N. The highest BCUT2D eigenvalue weighted by Gasteiger charge is 2.22. The van der Waals surface area contributed by atoms with Gasteiger partial charge in [0.15, 0.2) is 0 Å². The van der Waals surface area contributed by atoms with Gasteiger partial charge < -0.3 is 5.32 Å². The number of hydrogen-bond acceptors (Lipinski definition) is 1. The van der Waals surface area contributed by atoms with Gasteiger partial charge in [0, 0.05) is 6.04 Å². The third kappa shape index (κ3) is 3.93. The first-order chi connectivity index (χ1) is 7.83. The number of allylic oxidation sites excluding steroid dienone is 1. The Morgan fingerprint density at radius 2 is 1.88 bits per heavy atom. The second kappa shape index (κ2) is 7.89. The molecule has 0 aromatic heterocycles. The molecule has 0 bridgehead atoms. The van der Waals surface area contributed by atoms with Crippen molar-refractivity contribution in [1.29, 1.82) is 0 Å². The summed E-state index contributed by atoms with van der Waals surface area (Å²) in [5, 5.41) is 3.57. The molecule has 0 aromatic rings. The molecule has 1 aliphatic carbocycles. The molecule has 1 unspecified atom stereocenters. The molecule has 1 heteroatoms. The Labute approximate surface area is 102 Å². The van der Waals surface area contributed by atoms with E-state index in [2.05, 4.69) is 32.3 Å². The van der Waals surface area contributed by atoms with Gasteiger partial charge in [0.25, 0.3) is 0 Å². The van der Waals surface area contributed by atoms with Crippen LogP contribution in [-0.2, 0) is 0 Å². The summed E-state index contributed by atoms with van der Waals surface area (Å²) in [6, 6.07) is 0.653. The van der Waals surface area contributed by atoms with Crippen molar-refractivity contribution < 1.29 is 0 Å². The lowest BCUT2D eigenvalue weighted by Crippen LogP contribution is -2.36. The van der Waals surface area contributed by atoms with E-state index in [1.807, 2.05) is 0 Å². The molecule has 0 fully saturated rings. The van der Waals surface area contributed by atoms with Gasteiger partial charge >= 0.3 is 0 Å². The van der Waals surface area contributed by atoms with E-state index in [4.69, 9.17) is 0 Å². The molecular weight excluding hydrogens is 194 g/mol. The molecule has 0 heterocycles. The van der Waals surface area contributed by atoms with Gasteiger partial charge in [0.05, 0.1) is 0 Å². The van der Waals surface area contributed by atoms with Gasteiger partial charge in [-0.25, -0.2) is 0 Å². The van der Waals surface area contributed by atoms with Gasteiger partial charge in [0.2, 0.25) is 0 Å². The van der Waals surface area contributed by atoms with Crippen LogP contribution in [0, 0.1) is 5.92 Å². The lowest BCUT2D eigenvalue weighted by molar-refractivity contribution is 0.346. The van der Waals surface area contributed by atoms with E-state index in [9.17, 15) is 0 Å². The Morgan fingerprint density at radius 1 is 1.19 bits per heavy atom. The highest BCUT2D eigenvalue weighted by Crippen LogP contribution is 2.28. The van der Waals surface area contributed by atoms with E-state index in [0.29, 0.717) is 6.04 Å². The topological polar surface area (TPSA) is 12.0 Å². The zero-order valence-corrected chi connectivity index (χ0v) is 11.4. The average molecular weight is 223 g/mol. The van der Waals surface area contributed by atoms with Crippen LogP contribution in [0.3, 0.4) is 0 Å². The zero-order chi connectivity index (χ0) is 11.8. The van der Waals surface area contributed by atoms with Gasteiger partial charge in [-0.2, -0.15) is 0 Å². The molecule has 1 rings (SSSR count). The maximum atomic E-state index is 3.57.